The van der Waals surface area contributed by atoms with E-state index in [1.807, 2.05) is 19.1 Å². The van der Waals surface area contributed by atoms with E-state index in [9.17, 15) is 14.4 Å². The number of fused-ring (bicyclic) bond motifs is 1. The first kappa shape index (κ1) is 21.5. The molecule has 1 heterocycles. The van der Waals surface area contributed by atoms with Crippen LogP contribution in [0.25, 0.3) is 10.9 Å². The van der Waals surface area contributed by atoms with Crippen LogP contribution in [0.3, 0.4) is 0 Å². The molecule has 2 aromatic rings. The van der Waals surface area contributed by atoms with Crippen LogP contribution in [0.5, 0.6) is 5.75 Å². The number of hydrogen-bond donors (Lipinski definition) is 0. The largest absolute Gasteiger partial charge is 0.475 e. The summed E-state index contributed by atoms with van der Waals surface area (Å²) in [7, 11) is 1.22. The summed E-state index contributed by atoms with van der Waals surface area (Å²) < 4.78 is 16.1. The highest BCUT2D eigenvalue weighted by molar-refractivity contribution is 6.03. The minimum absolute atomic E-state index is 0.0425. The van der Waals surface area contributed by atoms with Crippen molar-refractivity contribution in [3.8, 4) is 5.75 Å². The number of nitrogens with zero attached hydrogens (tertiary/aromatic N) is 2. The Morgan fingerprint density at radius 2 is 1.90 bits per heavy atom. The third-order valence-corrected chi connectivity index (χ3v) is 5.10. The van der Waals surface area contributed by atoms with Crippen molar-refractivity contribution in [3.63, 3.8) is 0 Å². The van der Waals surface area contributed by atoms with Gasteiger partial charge in [0.05, 0.1) is 19.2 Å². The van der Waals surface area contributed by atoms with Gasteiger partial charge in [0.1, 0.15) is 11.4 Å². The fraction of sp³-hybridized carbons (Fsp3) is 0.455. The Kier molecular flexibility index (Phi) is 6.54. The van der Waals surface area contributed by atoms with Crippen molar-refractivity contribution >= 4 is 28.9 Å². The fourth-order valence-electron chi connectivity index (χ4n) is 3.40. The smallest absolute Gasteiger partial charge is 0.416 e. The van der Waals surface area contributed by atoms with Crippen molar-refractivity contribution in [1.82, 2.24) is 9.88 Å². The number of esters is 1. The number of para-hydroxylation sites is 1. The number of imide groups is 1. The number of carbonyl (C=O) groups is 3. The second kappa shape index (κ2) is 9.11. The van der Waals surface area contributed by atoms with E-state index in [4.69, 9.17) is 14.2 Å². The average Bonchev–Trinajstić information content (AvgIpc) is 2.73. The molecule has 0 saturated heterocycles. The SMILES string of the molecule is CCCN(C(=O)OC)C(=O)c1cc(OC2(C(=O)OCC)CCC2)c2ccccc2n1. The summed E-state index contributed by atoms with van der Waals surface area (Å²) in [5.74, 6) is -0.636. The number of hydrogen-bond acceptors (Lipinski definition) is 7. The molecule has 160 valence electrons. The summed E-state index contributed by atoms with van der Waals surface area (Å²) in [4.78, 5) is 43.1. The lowest BCUT2D eigenvalue weighted by Crippen LogP contribution is -2.51. The van der Waals surface area contributed by atoms with E-state index >= 15 is 0 Å². The molecule has 0 bridgehead atoms. The Bertz CT molecular complexity index is 954. The molecular weight excluding hydrogens is 388 g/mol. The van der Waals surface area contributed by atoms with Gasteiger partial charge in [-0.05, 0) is 44.7 Å². The minimum atomic E-state index is -1.06. The number of ether oxygens (including phenoxy) is 3. The zero-order valence-corrected chi connectivity index (χ0v) is 17.5. The molecule has 0 radical (unpaired) electrons. The summed E-state index contributed by atoms with van der Waals surface area (Å²) in [5.41, 5.74) is -0.495. The maximum atomic E-state index is 13.0. The molecule has 0 spiro atoms. The number of pyridine rings is 1. The highest BCUT2D eigenvalue weighted by Gasteiger charge is 2.48. The average molecular weight is 414 g/mol. The summed E-state index contributed by atoms with van der Waals surface area (Å²) in [6, 6.07) is 8.66. The number of amides is 2. The Morgan fingerprint density at radius 1 is 1.17 bits per heavy atom. The number of methoxy groups -OCH3 is 1. The molecule has 0 N–H and O–H groups in total. The number of benzene rings is 1. The second-order valence-corrected chi connectivity index (χ2v) is 7.12. The van der Waals surface area contributed by atoms with Crippen LogP contribution in [0.1, 0.15) is 50.0 Å². The summed E-state index contributed by atoms with van der Waals surface area (Å²) in [6.07, 6.45) is 1.75. The quantitative estimate of drug-likeness (QED) is 0.637. The molecule has 1 saturated carbocycles. The van der Waals surface area contributed by atoms with Gasteiger partial charge in [-0.3, -0.25) is 4.79 Å². The number of carbonyl (C=O) groups excluding carboxylic acids is 3. The minimum Gasteiger partial charge on any atom is -0.475 e. The Balaban J connectivity index is 2.03. The van der Waals surface area contributed by atoms with E-state index in [0.29, 0.717) is 35.9 Å². The van der Waals surface area contributed by atoms with Crippen molar-refractivity contribution in [2.24, 2.45) is 0 Å². The van der Waals surface area contributed by atoms with E-state index < -0.39 is 23.6 Å². The van der Waals surface area contributed by atoms with E-state index in [2.05, 4.69) is 4.98 Å². The molecule has 30 heavy (non-hydrogen) atoms. The number of rotatable bonds is 7. The molecule has 1 aliphatic carbocycles. The van der Waals surface area contributed by atoms with Crippen molar-refractivity contribution in [2.45, 2.75) is 45.1 Å². The highest BCUT2D eigenvalue weighted by atomic mass is 16.6. The monoisotopic (exact) mass is 414 g/mol. The molecule has 1 aromatic heterocycles. The van der Waals surface area contributed by atoms with Crippen molar-refractivity contribution in [3.05, 3.63) is 36.0 Å². The van der Waals surface area contributed by atoms with Gasteiger partial charge >= 0.3 is 12.1 Å². The van der Waals surface area contributed by atoms with Gasteiger partial charge < -0.3 is 14.2 Å². The van der Waals surface area contributed by atoms with Crippen LogP contribution in [-0.2, 0) is 14.3 Å². The van der Waals surface area contributed by atoms with Gasteiger partial charge in [0, 0.05) is 18.0 Å². The predicted molar refractivity (Wildman–Crippen MR) is 109 cm³/mol. The Labute approximate surface area is 175 Å². The third kappa shape index (κ3) is 4.08. The van der Waals surface area contributed by atoms with Gasteiger partial charge in [-0.25, -0.2) is 19.5 Å². The van der Waals surface area contributed by atoms with E-state index in [1.54, 1.807) is 19.1 Å². The zero-order valence-electron chi connectivity index (χ0n) is 17.5. The highest BCUT2D eigenvalue weighted by Crippen LogP contribution is 2.40. The molecule has 0 atom stereocenters. The maximum absolute atomic E-state index is 13.0. The lowest BCUT2D eigenvalue weighted by molar-refractivity contribution is -0.169. The first-order chi connectivity index (χ1) is 14.5. The van der Waals surface area contributed by atoms with Crippen LogP contribution in [0, 0.1) is 0 Å². The molecular formula is C22H26N2O6. The normalized spacial score (nSPS) is 14.5. The van der Waals surface area contributed by atoms with Gasteiger partial charge in [-0.2, -0.15) is 0 Å². The molecule has 1 fully saturated rings. The van der Waals surface area contributed by atoms with E-state index in [-0.39, 0.29) is 18.8 Å². The van der Waals surface area contributed by atoms with Gasteiger partial charge in [0.25, 0.3) is 5.91 Å². The lowest BCUT2D eigenvalue weighted by Gasteiger charge is -2.39. The van der Waals surface area contributed by atoms with Gasteiger partial charge in [-0.1, -0.05) is 19.1 Å². The van der Waals surface area contributed by atoms with Gasteiger partial charge in [-0.15, -0.1) is 0 Å². The predicted octanol–water partition coefficient (Wildman–Crippen LogP) is 3.72. The molecule has 0 aliphatic heterocycles. The van der Waals surface area contributed by atoms with E-state index in [0.717, 1.165) is 11.3 Å². The molecule has 8 heteroatoms. The van der Waals surface area contributed by atoms with Crippen LogP contribution in [0.15, 0.2) is 30.3 Å². The summed E-state index contributed by atoms with van der Waals surface area (Å²) in [6.45, 7) is 4.06. The summed E-state index contributed by atoms with van der Waals surface area (Å²) >= 11 is 0. The lowest BCUT2D eigenvalue weighted by atomic mass is 9.80. The summed E-state index contributed by atoms with van der Waals surface area (Å²) in [5, 5.41) is 0.671. The van der Waals surface area contributed by atoms with Crippen LogP contribution in [-0.4, -0.2) is 53.7 Å². The Hall–Kier alpha value is -3.16. The van der Waals surface area contributed by atoms with Crippen LogP contribution in [0.2, 0.25) is 0 Å². The van der Waals surface area contributed by atoms with Crippen molar-refractivity contribution in [1.29, 1.82) is 0 Å². The first-order valence-electron chi connectivity index (χ1n) is 10.1. The number of aromatic nitrogens is 1. The standard InChI is InChI=1S/C22H26N2O6/c1-4-13-24(21(27)28-3)19(25)17-14-18(15-9-6-7-10-16(15)23-17)30-22(11-8-12-22)20(26)29-5-2/h6-7,9-10,14H,4-5,8,11-13H2,1-3H3. The molecule has 0 unspecified atom stereocenters. The van der Waals surface area contributed by atoms with Crippen molar-refractivity contribution < 1.29 is 28.6 Å². The van der Waals surface area contributed by atoms with Gasteiger partial charge in [0.15, 0.2) is 0 Å². The van der Waals surface area contributed by atoms with E-state index in [1.165, 1.54) is 13.2 Å². The topological polar surface area (TPSA) is 95.0 Å². The second-order valence-electron chi connectivity index (χ2n) is 7.12. The Morgan fingerprint density at radius 3 is 2.50 bits per heavy atom. The zero-order chi connectivity index (χ0) is 21.7. The molecule has 1 aliphatic rings. The van der Waals surface area contributed by atoms with Crippen LogP contribution < -0.4 is 4.74 Å². The fourth-order valence-corrected chi connectivity index (χ4v) is 3.40. The molecule has 8 nitrogen and oxygen atoms in total. The third-order valence-electron chi connectivity index (χ3n) is 5.10. The molecule has 2 amide bonds. The first-order valence-corrected chi connectivity index (χ1v) is 10.1. The van der Waals surface area contributed by atoms with Crippen molar-refractivity contribution in [2.75, 3.05) is 20.3 Å². The maximum Gasteiger partial charge on any atom is 0.416 e. The molecule has 1 aromatic carbocycles. The van der Waals surface area contributed by atoms with Crippen LogP contribution >= 0.6 is 0 Å². The molecule has 3 rings (SSSR count). The van der Waals surface area contributed by atoms with Crippen LogP contribution in [0.4, 0.5) is 4.79 Å². The van der Waals surface area contributed by atoms with Gasteiger partial charge in [0.2, 0.25) is 5.60 Å².